The summed E-state index contributed by atoms with van der Waals surface area (Å²) in [6.45, 7) is 1.50. The monoisotopic (exact) mass is 243 g/mol. The van der Waals surface area contributed by atoms with Crippen LogP contribution in [0.4, 0.5) is 0 Å². The van der Waals surface area contributed by atoms with Crippen LogP contribution in [0.5, 0.6) is 0 Å². The molecule has 0 bridgehead atoms. The minimum Gasteiger partial charge on any atom is -0.383 e. The molecule has 0 saturated heterocycles. The van der Waals surface area contributed by atoms with Gasteiger partial charge in [-0.2, -0.15) is 0 Å². The topological polar surface area (TPSA) is 39.9 Å². The number of ether oxygens (including phenoxy) is 1. The van der Waals surface area contributed by atoms with Crippen molar-refractivity contribution < 1.29 is 4.74 Å². The maximum Gasteiger partial charge on any atom is 0.143 e. The van der Waals surface area contributed by atoms with Crippen molar-refractivity contribution in [3.05, 3.63) is 48.0 Å². The molecular formula is C14H17N3O. The molecule has 3 rings (SSSR count). The van der Waals surface area contributed by atoms with E-state index in [1.807, 2.05) is 0 Å². The Labute approximate surface area is 107 Å². The number of hydrogen-bond donors (Lipinski definition) is 0. The summed E-state index contributed by atoms with van der Waals surface area (Å²) < 4.78 is 7.25. The predicted molar refractivity (Wildman–Crippen MR) is 68.4 cm³/mol. The van der Waals surface area contributed by atoms with Crippen molar-refractivity contribution >= 4 is 0 Å². The van der Waals surface area contributed by atoms with E-state index in [0.29, 0.717) is 6.61 Å². The highest BCUT2D eigenvalue weighted by atomic mass is 16.5. The Bertz CT molecular complexity index is 517. The average molecular weight is 243 g/mol. The van der Waals surface area contributed by atoms with E-state index in [1.54, 1.807) is 13.4 Å². The van der Waals surface area contributed by atoms with E-state index in [1.165, 1.54) is 5.56 Å². The molecule has 18 heavy (non-hydrogen) atoms. The van der Waals surface area contributed by atoms with E-state index >= 15 is 0 Å². The van der Waals surface area contributed by atoms with Gasteiger partial charge < -0.3 is 9.30 Å². The lowest BCUT2D eigenvalue weighted by Gasteiger charge is -2.16. The van der Waals surface area contributed by atoms with Crippen LogP contribution < -0.4 is 0 Å². The van der Waals surface area contributed by atoms with E-state index in [4.69, 9.17) is 4.74 Å². The lowest BCUT2D eigenvalue weighted by Crippen LogP contribution is -2.18. The molecule has 94 valence electrons. The van der Waals surface area contributed by atoms with Gasteiger partial charge in [0.15, 0.2) is 0 Å². The number of methoxy groups -OCH3 is 1. The first kappa shape index (κ1) is 11.4. The summed E-state index contributed by atoms with van der Waals surface area (Å²) in [5.74, 6) is 1.07. The second-order valence-electron chi connectivity index (χ2n) is 4.79. The molecule has 0 atom stereocenters. The van der Waals surface area contributed by atoms with Crippen molar-refractivity contribution in [1.82, 2.24) is 14.8 Å². The molecule has 1 aliphatic carbocycles. The van der Waals surface area contributed by atoms with E-state index in [-0.39, 0.29) is 5.41 Å². The molecule has 1 heterocycles. The minimum atomic E-state index is 0.0888. The summed E-state index contributed by atoms with van der Waals surface area (Å²) in [5.41, 5.74) is 1.43. The average Bonchev–Trinajstić information content (AvgIpc) is 3.10. The van der Waals surface area contributed by atoms with Crippen molar-refractivity contribution in [1.29, 1.82) is 0 Å². The van der Waals surface area contributed by atoms with Gasteiger partial charge >= 0.3 is 0 Å². The van der Waals surface area contributed by atoms with Crippen molar-refractivity contribution in [3.8, 4) is 0 Å². The van der Waals surface area contributed by atoms with Crippen molar-refractivity contribution in [2.45, 2.75) is 24.8 Å². The largest absolute Gasteiger partial charge is 0.383 e. The SMILES string of the molecule is COCCn1cnnc1C1(c2ccccc2)CC1. The standard InChI is InChI=1S/C14H17N3O/c1-18-10-9-17-11-15-16-13(17)14(7-8-14)12-5-3-2-4-6-12/h2-6,11H,7-10H2,1H3. The Morgan fingerprint density at radius 3 is 2.72 bits per heavy atom. The number of rotatable bonds is 5. The third-order valence-corrected chi connectivity index (χ3v) is 3.66. The van der Waals surface area contributed by atoms with Gasteiger partial charge in [0, 0.05) is 13.7 Å². The van der Waals surface area contributed by atoms with E-state index < -0.39 is 0 Å². The molecule has 4 nitrogen and oxygen atoms in total. The smallest absolute Gasteiger partial charge is 0.143 e. The van der Waals surface area contributed by atoms with Crippen LogP contribution in [0.15, 0.2) is 36.7 Å². The Balaban J connectivity index is 1.93. The summed E-state index contributed by atoms with van der Waals surface area (Å²) in [4.78, 5) is 0. The number of benzene rings is 1. The van der Waals surface area contributed by atoms with Crippen LogP contribution >= 0.6 is 0 Å². The third-order valence-electron chi connectivity index (χ3n) is 3.66. The number of aromatic nitrogens is 3. The first-order valence-corrected chi connectivity index (χ1v) is 6.29. The van der Waals surface area contributed by atoms with E-state index in [0.717, 1.165) is 25.2 Å². The first-order valence-electron chi connectivity index (χ1n) is 6.29. The molecule has 1 aromatic heterocycles. The molecular weight excluding hydrogens is 226 g/mol. The van der Waals surface area contributed by atoms with Gasteiger partial charge in [0.2, 0.25) is 0 Å². The van der Waals surface area contributed by atoms with Gasteiger partial charge in [-0.25, -0.2) is 0 Å². The molecule has 2 aromatic rings. The number of nitrogens with zero attached hydrogens (tertiary/aromatic N) is 3. The lowest BCUT2D eigenvalue weighted by atomic mass is 9.95. The molecule has 0 N–H and O–H groups in total. The Morgan fingerprint density at radius 2 is 2.06 bits per heavy atom. The molecule has 1 aromatic carbocycles. The first-order chi connectivity index (χ1) is 8.87. The molecule has 0 unspecified atom stereocenters. The Hall–Kier alpha value is -1.68. The summed E-state index contributed by atoms with van der Waals surface area (Å²) >= 11 is 0. The summed E-state index contributed by atoms with van der Waals surface area (Å²) in [7, 11) is 1.72. The van der Waals surface area contributed by atoms with Gasteiger partial charge in [0.25, 0.3) is 0 Å². The highest BCUT2D eigenvalue weighted by Crippen LogP contribution is 2.52. The second-order valence-corrected chi connectivity index (χ2v) is 4.79. The molecule has 1 fully saturated rings. The second kappa shape index (κ2) is 4.53. The zero-order chi connectivity index (χ0) is 12.4. The van der Waals surface area contributed by atoms with Crippen LogP contribution in [0.25, 0.3) is 0 Å². The van der Waals surface area contributed by atoms with Crippen molar-refractivity contribution in [3.63, 3.8) is 0 Å². The Kier molecular flexibility index (Phi) is 2.88. The fourth-order valence-corrected chi connectivity index (χ4v) is 2.50. The molecule has 1 saturated carbocycles. The van der Waals surface area contributed by atoms with Crippen LogP contribution in [0, 0.1) is 0 Å². The highest BCUT2D eigenvalue weighted by molar-refractivity contribution is 5.39. The third kappa shape index (κ3) is 1.82. The number of hydrogen-bond acceptors (Lipinski definition) is 3. The highest BCUT2D eigenvalue weighted by Gasteiger charge is 2.49. The van der Waals surface area contributed by atoms with Crippen molar-refractivity contribution in [2.24, 2.45) is 0 Å². The fourth-order valence-electron chi connectivity index (χ4n) is 2.50. The molecule has 0 radical (unpaired) electrons. The molecule has 0 amide bonds. The summed E-state index contributed by atoms with van der Waals surface area (Å²) in [5, 5.41) is 8.40. The van der Waals surface area contributed by atoms with Crippen LogP contribution in [-0.2, 0) is 16.7 Å². The van der Waals surface area contributed by atoms with Gasteiger partial charge in [-0.1, -0.05) is 30.3 Å². The zero-order valence-corrected chi connectivity index (χ0v) is 10.5. The van der Waals surface area contributed by atoms with Gasteiger partial charge in [0.1, 0.15) is 12.2 Å². The van der Waals surface area contributed by atoms with E-state index in [9.17, 15) is 0 Å². The summed E-state index contributed by atoms with van der Waals surface area (Å²) in [6.07, 6.45) is 4.11. The van der Waals surface area contributed by atoms with Gasteiger partial charge in [-0.15, -0.1) is 10.2 Å². The Morgan fingerprint density at radius 1 is 1.28 bits per heavy atom. The molecule has 0 aliphatic heterocycles. The maximum atomic E-state index is 5.13. The van der Waals surface area contributed by atoms with Crippen LogP contribution in [0.3, 0.4) is 0 Å². The molecule has 0 spiro atoms. The predicted octanol–water partition coefficient (Wildman–Crippen LogP) is 2.00. The molecule has 4 heteroatoms. The van der Waals surface area contributed by atoms with Gasteiger partial charge in [-0.3, -0.25) is 0 Å². The van der Waals surface area contributed by atoms with E-state index in [2.05, 4.69) is 45.1 Å². The maximum absolute atomic E-state index is 5.13. The van der Waals surface area contributed by atoms with Gasteiger partial charge in [0.05, 0.1) is 12.0 Å². The van der Waals surface area contributed by atoms with Crippen LogP contribution in [0.1, 0.15) is 24.2 Å². The normalized spacial score (nSPS) is 16.7. The summed E-state index contributed by atoms with van der Waals surface area (Å²) in [6, 6.07) is 10.6. The van der Waals surface area contributed by atoms with Crippen LogP contribution in [0.2, 0.25) is 0 Å². The lowest BCUT2D eigenvalue weighted by molar-refractivity contribution is 0.186. The quantitative estimate of drug-likeness (QED) is 0.806. The van der Waals surface area contributed by atoms with Crippen molar-refractivity contribution in [2.75, 3.05) is 13.7 Å². The fraction of sp³-hybridized carbons (Fsp3) is 0.429. The molecule has 1 aliphatic rings. The van der Waals surface area contributed by atoms with Crippen LogP contribution in [-0.4, -0.2) is 28.5 Å². The zero-order valence-electron chi connectivity index (χ0n) is 10.5. The minimum absolute atomic E-state index is 0.0888. The van der Waals surface area contributed by atoms with Gasteiger partial charge in [-0.05, 0) is 18.4 Å².